The van der Waals surface area contributed by atoms with E-state index in [1.165, 1.54) is 12.1 Å². The number of piperazine rings is 1. The molecule has 0 spiro atoms. The van der Waals surface area contributed by atoms with Crippen LogP contribution in [0.25, 0.3) is 0 Å². The van der Waals surface area contributed by atoms with E-state index in [4.69, 9.17) is 0 Å². The molecule has 1 fully saturated rings. The Morgan fingerprint density at radius 2 is 1.62 bits per heavy atom. The second-order valence-electron chi connectivity index (χ2n) is 6.01. The molecule has 1 saturated heterocycles. The molecule has 0 N–H and O–H groups in total. The van der Waals surface area contributed by atoms with Crippen LogP contribution in [0.3, 0.4) is 0 Å². The SMILES string of the molecule is CC(=O)c1ccc(N2CCN(N=Nc3ccc([N+](=O)[O-])cc3)CC2)cc1. The maximum Gasteiger partial charge on any atom is 0.269 e. The maximum absolute atomic E-state index is 11.3. The fourth-order valence-electron chi connectivity index (χ4n) is 2.71. The van der Waals surface area contributed by atoms with Crippen LogP contribution in [0.5, 0.6) is 0 Å². The molecule has 134 valence electrons. The maximum atomic E-state index is 11.3. The Kier molecular flexibility index (Phi) is 5.21. The highest BCUT2D eigenvalue weighted by atomic mass is 16.6. The molecular weight excluding hydrogens is 334 g/mol. The second-order valence-corrected chi connectivity index (χ2v) is 6.01. The van der Waals surface area contributed by atoms with Crippen LogP contribution in [-0.4, -0.2) is 41.9 Å². The number of carbonyl (C=O) groups is 1. The summed E-state index contributed by atoms with van der Waals surface area (Å²) in [7, 11) is 0. The summed E-state index contributed by atoms with van der Waals surface area (Å²) in [4.78, 5) is 23.8. The van der Waals surface area contributed by atoms with E-state index in [0.717, 1.165) is 31.9 Å². The fourth-order valence-corrected chi connectivity index (χ4v) is 2.71. The lowest BCUT2D eigenvalue weighted by Crippen LogP contribution is -2.43. The first-order chi connectivity index (χ1) is 12.5. The molecule has 0 bridgehead atoms. The van der Waals surface area contributed by atoms with Crippen LogP contribution in [0.1, 0.15) is 17.3 Å². The molecule has 8 heteroatoms. The second kappa shape index (κ2) is 7.73. The zero-order valence-electron chi connectivity index (χ0n) is 14.4. The number of benzene rings is 2. The quantitative estimate of drug-likeness (QED) is 0.354. The minimum Gasteiger partial charge on any atom is -0.368 e. The smallest absolute Gasteiger partial charge is 0.269 e. The van der Waals surface area contributed by atoms with Gasteiger partial charge in [0, 0.05) is 36.5 Å². The average Bonchev–Trinajstić information content (AvgIpc) is 2.67. The van der Waals surface area contributed by atoms with Gasteiger partial charge in [-0.25, -0.2) is 0 Å². The van der Waals surface area contributed by atoms with Gasteiger partial charge in [-0.2, -0.15) is 0 Å². The predicted molar refractivity (Wildman–Crippen MR) is 97.8 cm³/mol. The molecule has 1 aliphatic heterocycles. The molecular formula is C18H19N5O3. The summed E-state index contributed by atoms with van der Waals surface area (Å²) in [5.41, 5.74) is 2.41. The molecule has 3 rings (SSSR count). The minimum atomic E-state index is -0.441. The number of rotatable bonds is 5. The summed E-state index contributed by atoms with van der Waals surface area (Å²) >= 11 is 0. The van der Waals surface area contributed by atoms with Gasteiger partial charge in [-0.1, -0.05) is 5.22 Å². The molecule has 0 atom stereocenters. The van der Waals surface area contributed by atoms with Crippen molar-refractivity contribution < 1.29 is 9.72 Å². The van der Waals surface area contributed by atoms with Crippen molar-refractivity contribution in [1.82, 2.24) is 5.01 Å². The first kappa shape index (κ1) is 17.5. The number of hydrogen-bond acceptors (Lipinski definition) is 6. The highest BCUT2D eigenvalue weighted by Crippen LogP contribution is 2.20. The van der Waals surface area contributed by atoms with Crippen LogP contribution in [0.2, 0.25) is 0 Å². The average molecular weight is 353 g/mol. The monoisotopic (exact) mass is 353 g/mol. The number of carbonyl (C=O) groups excluding carboxylic acids is 1. The molecule has 0 aromatic heterocycles. The summed E-state index contributed by atoms with van der Waals surface area (Å²) in [6, 6.07) is 13.6. The molecule has 8 nitrogen and oxygen atoms in total. The van der Waals surface area contributed by atoms with Crippen molar-refractivity contribution in [3.8, 4) is 0 Å². The van der Waals surface area contributed by atoms with Crippen molar-refractivity contribution in [3.05, 3.63) is 64.2 Å². The lowest BCUT2D eigenvalue weighted by Gasteiger charge is -2.33. The van der Waals surface area contributed by atoms with Crippen LogP contribution in [0.15, 0.2) is 58.9 Å². The summed E-state index contributed by atoms with van der Waals surface area (Å²) in [6.45, 7) is 4.62. The summed E-state index contributed by atoms with van der Waals surface area (Å²) in [5.74, 6) is 0.0630. The Bertz CT molecular complexity index is 810. The first-order valence-corrected chi connectivity index (χ1v) is 8.30. The topological polar surface area (TPSA) is 91.4 Å². The Morgan fingerprint density at radius 1 is 1.00 bits per heavy atom. The van der Waals surface area contributed by atoms with E-state index < -0.39 is 4.92 Å². The van der Waals surface area contributed by atoms with Gasteiger partial charge in [0.05, 0.1) is 23.7 Å². The molecule has 0 aliphatic carbocycles. The van der Waals surface area contributed by atoms with E-state index in [2.05, 4.69) is 15.2 Å². The van der Waals surface area contributed by atoms with Crippen molar-refractivity contribution in [2.45, 2.75) is 6.92 Å². The van der Waals surface area contributed by atoms with Gasteiger partial charge in [-0.15, -0.1) is 5.11 Å². The third kappa shape index (κ3) is 4.21. The van der Waals surface area contributed by atoms with Gasteiger partial charge < -0.3 is 4.90 Å². The number of nitro groups is 1. The van der Waals surface area contributed by atoms with Crippen molar-refractivity contribution >= 4 is 22.8 Å². The van der Waals surface area contributed by atoms with Crippen LogP contribution in [-0.2, 0) is 0 Å². The summed E-state index contributed by atoms with van der Waals surface area (Å²) < 4.78 is 0. The van der Waals surface area contributed by atoms with Gasteiger partial charge >= 0.3 is 0 Å². The standard InChI is InChI=1S/C18H19N5O3/c1-14(24)15-2-6-17(7-3-15)21-10-12-22(13-11-21)20-19-16-4-8-18(9-5-16)23(25)26/h2-9H,10-13H2,1H3. The zero-order valence-corrected chi connectivity index (χ0v) is 14.4. The van der Waals surface area contributed by atoms with Gasteiger partial charge in [0.15, 0.2) is 5.78 Å². The van der Waals surface area contributed by atoms with E-state index in [-0.39, 0.29) is 11.5 Å². The lowest BCUT2D eigenvalue weighted by atomic mass is 10.1. The van der Waals surface area contributed by atoms with Crippen molar-refractivity contribution in [2.24, 2.45) is 10.3 Å². The molecule has 0 saturated carbocycles. The molecule has 0 radical (unpaired) electrons. The van der Waals surface area contributed by atoms with Crippen molar-refractivity contribution in [3.63, 3.8) is 0 Å². The van der Waals surface area contributed by atoms with E-state index >= 15 is 0 Å². The summed E-state index contributed by atoms with van der Waals surface area (Å²) in [6.07, 6.45) is 0. The number of anilines is 1. The summed E-state index contributed by atoms with van der Waals surface area (Å²) in [5, 5.41) is 20.9. The Labute approximate surface area is 150 Å². The normalized spacial score (nSPS) is 14.7. The fraction of sp³-hybridized carbons (Fsp3) is 0.278. The van der Waals surface area contributed by atoms with E-state index in [0.29, 0.717) is 11.3 Å². The van der Waals surface area contributed by atoms with Crippen LogP contribution >= 0.6 is 0 Å². The number of hydrogen-bond donors (Lipinski definition) is 0. The number of nitrogens with zero attached hydrogens (tertiary/aromatic N) is 5. The molecule has 1 aliphatic rings. The van der Waals surface area contributed by atoms with Gasteiger partial charge in [-0.05, 0) is 43.3 Å². The van der Waals surface area contributed by atoms with Gasteiger partial charge in [0.25, 0.3) is 5.69 Å². The minimum absolute atomic E-state index is 0.0355. The van der Waals surface area contributed by atoms with Gasteiger partial charge in [0.2, 0.25) is 0 Å². The van der Waals surface area contributed by atoms with E-state index in [1.54, 1.807) is 19.1 Å². The third-order valence-corrected chi connectivity index (χ3v) is 4.24. The van der Waals surface area contributed by atoms with Crippen LogP contribution in [0.4, 0.5) is 17.1 Å². The first-order valence-electron chi connectivity index (χ1n) is 8.30. The van der Waals surface area contributed by atoms with E-state index in [1.807, 2.05) is 29.3 Å². The Hall–Kier alpha value is -3.29. The number of nitro benzene ring substituents is 1. The lowest BCUT2D eigenvalue weighted by molar-refractivity contribution is -0.384. The number of non-ortho nitro benzene ring substituents is 1. The Morgan fingerprint density at radius 3 is 2.15 bits per heavy atom. The van der Waals surface area contributed by atoms with E-state index in [9.17, 15) is 14.9 Å². The predicted octanol–water partition coefficient (Wildman–Crippen LogP) is 3.62. The van der Waals surface area contributed by atoms with Gasteiger partial charge in [-0.3, -0.25) is 19.9 Å². The number of ketones is 1. The molecule has 2 aromatic rings. The van der Waals surface area contributed by atoms with Crippen LogP contribution in [0, 0.1) is 10.1 Å². The molecule has 0 amide bonds. The van der Waals surface area contributed by atoms with Crippen LogP contribution < -0.4 is 4.90 Å². The molecule has 0 unspecified atom stereocenters. The largest absolute Gasteiger partial charge is 0.368 e. The molecule has 2 aromatic carbocycles. The van der Waals surface area contributed by atoms with Crippen molar-refractivity contribution in [2.75, 3.05) is 31.1 Å². The number of Topliss-reactive ketones (excluding diaryl/α,β-unsaturated/α-hetero) is 1. The molecule has 26 heavy (non-hydrogen) atoms. The highest BCUT2D eigenvalue weighted by molar-refractivity contribution is 5.94. The third-order valence-electron chi connectivity index (χ3n) is 4.24. The highest BCUT2D eigenvalue weighted by Gasteiger charge is 2.16. The van der Waals surface area contributed by atoms with Crippen molar-refractivity contribution in [1.29, 1.82) is 0 Å². The molecule has 1 heterocycles. The van der Waals surface area contributed by atoms with Gasteiger partial charge in [0.1, 0.15) is 0 Å². The Balaban J connectivity index is 1.54. The zero-order chi connectivity index (χ0) is 18.5.